The molecule has 1 aromatic heterocycles. The second-order valence-corrected chi connectivity index (χ2v) is 10.9. The Hall–Kier alpha value is -3.01. The number of alkyl halides is 3. The number of likely N-dealkylation sites (tertiary alicyclic amines) is 1. The summed E-state index contributed by atoms with van der Waals surface area (Å²) in [6.45, 7) is 4.02. The van der Waals surface area contributed by atoms with Gasteiger partial charge in [0.05, 0.1) is 21.2 Å². The van der Waals surface area contributed by atoms with Gasteiger partial charge in [0.15, 0.2) is 11.5 Å². The van der Waals surface area contributed by atoms with Gasteiger partial charge in [0, 0.05) is 36.5 Å². The van der Waals surface area contributed by atoms with E-state index < -0.39 is 17.5 Å². The van der Waals surface area contributed by atoms with E-state index in [1.54, 1.807) is 12.1 Å². The smallest absolute Gasteiger partial charge is 0.416 e. The quantitative estimate of drug-likeness (QED) is 0.321. The lowest BCUT2D eigenvalue weighted by molar-refractivity contribution is -0.150. The molecule has 11 heteroatoms. The summed E-state index contributed by atoms with van der Waals surface area (Å²) in [5.74, 6) is -0.500. The molecule has 0 aliphatic carbocycles. The van der Waals surface area contributed by atoms with Crippen molar-refractivity contribution in [3.05, 3.63) is 87.7 Å². The molecule has 1 N–H and O–H groups in total. The third-order valence-corrected chi connectivity index (χ3v) is 8.18. The van der Waals surface area contributed by atoms with E-state index in [1.807, 2.05) is 12.1 Å². The monoisotopic (exact) mass is 593 g/mol. The Morgan fingerprint density at radius 1 is 1.05 bits per heavy atom. The number of nitrogens with zero attached hydrogens (tertiary/aromatic N) is 2. The fraction of sp³-hybridized carbons (Fsp3) is 0.379. The highest BCUT2D eigenvalue weighted by Crippen LogP contribution is 2.50. The van der Waals surface area contributed by atoms with E-state index in [4.69, 9.17) is 32.7 Å². The van der Waals surface area contributed by atoms with Gasteiger partial charge in [-0.25, -0.2) is 0 Å². The SMILES string of the molecule is CC(CCNC(=O)c1c(Cl)cncc1Cl)N1CCC(C2(c3ccc(C(F)(F)F)cc3)Oc3ccccc3O2)CC1. The van der Waals surface area contributed by atoms with Crippen LogP contribution in [0, 0.1) is 5.92 Å². The van der Waals surface area contributed by atoms with Gasteiger partial charge in [-0.15, -0.1) is 0 Å². The summed E-state index contributed by atoms with van der Waals surface area (Å²) in [5, 5.41) is 3.26. The summed E-state index contributed by atoms with van der Waals surface area (Å²) in [6, 6.07) is 12.5. The summed E-state index contributed by atoms with van der Waals surface area (Å²) < 4.78 is 52.5. The summed E-state index contributed by atoms with van der Waals surface area (Å²) >= 11 is 12.2. The summed E-state index contributed by atoms with van der Waals surface area (Å²) in [4.78, 5) is 18.8. The molecule has 5 rings (SSSR count). The Balaban J connectivity index is 1.23. The number of ether oxygens (including phenoxy) is 2. The van der Waals surface area contributed by atoms with Crippen molar-refractivity contribution in [2.24, 2.45) is 5.92 Å². The van der Waals surface area contributed by atoms with Crippen LogP contribution in [0.3, 0.4) is 0 Å². The van der Waals surface area contributed by atoms with Crippen molar-refractivity contribution in [1.82, 2.24) is 15.2 Å². The standard InChI is InChI=1S/C29H28Cl2F3N3O3/c1-18(10-13-36-27(38)26-22(30)16-35-17-23(26)31)37-14-11-20(12-15-37)28(39-24-4-2-3-5-25(24)40-28)19-6-8-21(9-7-19)29(32,33)34/h2-9,16-18,20H,10-15H2,1H3,(H,36,38). The van der Waals surface area contributed by atoms with Crippen LogP contribution in [0.4, 0.5) is 13.2 Å². The average molecular weight is 594 g/mol. The number of aromatic nitrogens is 1. The minimum atomic E-state index is -4.43. The molecule has 212 valence electrons. The molecule has 0 spiro atoms. The van der Waals surface area contributed by atoms with Gasteiger partial charge in [-0.3, -0.25) is 9.78 Å². The maximum absolute atomic E-state index is 13.2. The van der Waals surface area contributed by atoms with Crippen molar-refractivity contribution in [3.8, 4) is 11.5 Å². The average Bonchev–Trinajstić information content (AvgIpc) is 3.33. The first-order chi connectivity index (χ1) is 19.1. The Morgan fingerprint density at radius 3 is 2.17 bits per heavy atom. The number of halogens is 5. The molecule has 1 unspecified atom stereocenters. The van der Waals surface area contributed by atoms with Crippen LogP contribution in [0.15, 0.2) is 60.9 Å². The zero-order valence-electron chi connectivity index (χ0n) is 21.7. The predicted molar refractivity (Wildman–Crippen MR) is 146 cm³/mol. The third-order valence-electron chi connectivity index (χ3n) is 7.61. The van der Waals surface area contributed by atoms with Crippen molar-refractivity contribution in [3.63, 3.8) is 0 Å². The molecule has 2 aliphatic rings. The van der Waals surface area contributed by atoms with E-state index >= 15 is 0 Å². The zero-order valence-corrected chi connectivity index (χ0v) is 23.2. The van der Waals surface area contributed by atoms with Crippen molar-refractivity contribution in [2.45, 2.75) is 44.2 Å². The minimum Gasteiger partial charge on any atom is -0.444 e. The van der Waals surface area contributed by atoms with Crippen molar-refractivity contribution in [2.75, 3.05) is 19.6 Å². The number of hydrogen-bond donors (Lipinski definition) is 1. The number of nitrogens with one attached hydrogen (secondary N) is 1. The van der Waals surface area contributed by atoms with Gasteiger partial charge in [0.25, 0.3) is 11.7 Å². The molecule has 40 heavy (non-hydrogen) atoms. The lowest BCUT2D eigenvalue weighted by atomic mass is 9.83. The van der Waals surface area contributed by atoms with Crippen LogP contribution in [0.25, 0.3) is 0 Å². The maximum Gasteiger partial charge on any atom is 0.416 e. The van der Waals surface area contributed by atoms with Gasteiger partial charge in [0.1, 0.15) is 0 Å². The Kier molecular flexibility index (Phi) is 8.17. The number of carbonyl (C=O) groups is 1. The lowest BCUT2D eigenvalue weighted by Gasteiger charge is -2.42. The van der Waals surface area contributed by atoms with E-state index in [0.29, 0.717) is 42.9 Å². The number of pyridine rings is 1. The van der Waals surface area contributed by atoms with Gasteiger partial charge in [-0.1, -0.05) is 47.5 Å². The normalized spacial score (nSPS) is 17.9. The molecule has 0 radical (unpaired) electrons. The molecule has 3 heterocycles. The van der Waals surface area contributed by atoms with Gasteiger partial charge in [-0.05, 0) is 63.5 Å². The van der Waals surface area contributed by atoms with Crippen LogP contribution >= 0.6 is 23.2 Å². The molecule has 1 amide bonds. The van der Waals surface area contributed by atoms with Crippen LogP contribution in [0.5, 0.6) is 11.5 Å². The second kappa shape index (κ2) is 11.5. The fourth-order valence-electron chi connectivity index (χ4n) is 5.39. The summed E-state index contributed by atoms with van der Waals surface area (Å²) in [5.41, 5.74) is 0.0448. The molecule has 2 aliphatic heterocycles. The second-order valence-electron chi connectivity index (χ2n) is 10.1. The molecule has 1 atom stereocenters. The van der Waals surface area contributed by atoms with E-state index in [-0.39, 0.29) is 33.5 Å². The van der Waals surface area contributed by atoms with Crippen LogP contribution in [0.2, 0.25) is 10.0 Å². The lowest BCUT2D eigenvalue weighted by Crippen LogP contribution is -2.50. The molecule has 3 aromatic rings. The summed E-state index contributed by atoms with van der Waals surface area (Å²) in [6.07, 6.45) is 0.469. The number of para-hydroxylation sites is 2. The van der Waals surface area contributed by atoms with Crippen LogP contribution in [-0.4, -0.2) is 41.5 Å². The Labute approximate surface area is 240 Å². The van der Waals surface area contributed by atoms with Crippen LogP contribution in [0.1, 0.15) is 47.7 Å². The number of amides is 1. The number of hydrogen-bond acceptors (Lipinski definition) is 5. The molecule has 6 nitrogen and oxygen atoms in total. The minimum absolute atomic E-state index is 0.0873. The Morgan fingerprint density at radius 2 is 1.62 bits per heavy atom. The molecule has 1 saturated heterocycles. The van der Waals surface area contributed by atoms with Crippen molar-refractivity contribution >= 4 is 29.1 Å². The number of fused-ring (bicyclic) bond motifs is 1. The predicted octanol–water partition coefficient (Wildman–Crippen LogP) is 6.95. The molecular weight excluding hydrogens is 566 g/mol. The van der Waals surface area contributed by atoms with Crippen molar-refractivity contribution < 1.29 is 27.4 Å². The van der Waals surface area contributed by atoms with E-state index in [0.717, 1.165) is 25.2 Å². The highest BCUT2D eigenvalue weighted by atomic mass is 35.5. The highest BCUT2D eigenvalue weighted by molar-refractivity contribution is 6.39. The van der Waals surface area contributed by atoms with Gasteiger partial charge in [-0.2, -0.15) is 13.2 Å². The first-order valence-corrected chi connectivity index (χ1v) is 13.8. The van der Waals surface area contributed by atoms with Crippen molar-refractivity contribution in [1.29, 1.82) is 0 Å². The van der Waals surface area contributed by atoms with E-state index in [1.165, 1.54) is 24.5 Å². The van der Waals surface area contributed by atoms with Gasteiger partial charge in [0.2, 0.25) is 0 Å². The van der Waals surface area contributed by atoms with E-state index in [2.05, 4.69) is 22.1 Å². The number of benzene rings is 2. The first-order valence-electron chi connectivity index (χ1n) is 13.0. The Bertz CT molecular complexity index is 1320. The molecular formula is C29H28Cl2F3N3O3. The number of piperidine rings is 1. The number of carbonyl (C=O) groups excluding carboxylic acids is 1. The van der Waals surface area contributed by atoms with Gasteiger partial charge < -0.3 is 19.7 Å². The highest BCUT2D eigenvalue weighted by Gasteiger charge is 2.51. The molecule has 2 aromatic carbocycles. The van der Waals surface area contributed by atoms with Gasteiger partial charge >= 0.3 is 6.18 Å². The van der Waals surface area contributed by atoms with E-state index in [9.17, 15) is 18.0 Å². The van der Waals surface area contributed by atoms with Crippen LogP contribution < -0.4 is 14.8 Å². The molecule has 0 bridgehead atoms. The zero-order chi connectivity index (χ0) is 28.5. The molecule has 1 fully saturated rings. The number of rotatable bonds is 7. The summed E-state index contributed by atoms with van der Waals surface area (Å²) in [7, 11) is 0. The maximum atomic E-state index is 13.2. The fourth-order valence-corrected chi connectivity index (χ4v) is 5.93. The molecule has 0 saturated carbocycles. The first kappa shape index (κ1) is 28.5. The third kappa shape index (κ3) is 5.73. The largest absolute Gasteiger partial charge is 0.444 e. The topological polar surface area (TPSA) is 63.7 Å². The van der Waals surface area contributed by atoms with Crippen LogP contribution in [-0.2, 0) is 12.0 Å².